The van der Waals surface area contributed by atoms with Crippen LogP contribution in [0.1, 0.15) is 39.5 Å². The molecule has 0 aliphatic carbocycles. The molecule has 0 aromatic rings. The number of halogens is 1. The summed E-state index contributed by atoms with van der Waals surface area (Å²) in [4.78, 5) is 37.1. The molecule has 0 aromatic heterocycles. The topological polar surface area (TPSA) is 75.7 Å². The standard InChI is InChI=1S/C14H21ClN2O4/c1-4-8-17-12(19)14(9-10(3)15,16-13(17)20)7-6-11(18)21-5-2/h3-9H2,1-2H3,(H,16,20). The van der Waals surface area contributed by atoms with Gasteiger partial charge in [-0.15, -0.1) is 0 Å². The number of hydrogen-bond donors (Lipinski definition) is 1. The first-order valence-electron chi connectivity index (χ1n) is 6.99. The van der Waals surface area contributed by atoms with Crippen LogP contribution in [-0.4, -0.2) is 41.5 Å². The zero-order valence-corrected chi connectivity index (χ0v) is 13.2. The molecular formula is C14H21ClN2O4. The minimum Gasteiger partial charge on any atom is -0.466 e. The minimum atomic E-state index is -1.20. The van der Waals surface area contributed by atoms with Crippen LogP contribution < -0.4 is 5.32 Å². The second-order valence-electron chi connectivity index (χ2n) is 4.97. The molecule has 1 rings (SSSR count). The van der Waals surface area contributed by atoms with Gasteiger partial charge in [0.25, 0.3) is 5.91 Å². The molecule has 0 radical (unpaired) electrons. The van der Waals surface area contributed by atoms with Crippen LogP contribution in [0, 0.1) is 0 Å². The van der Waals surface area contributed by atoms with Crippen molar-refractivity contribution in [3.8, 4) is 0 Å². The van der Waals surface area contributed by atoms with Gasteiger partial charge in [0.15, 0.2) is 0 Å². The fourth-order valence-corrected chi connectivity index (χ4v) is 2.58. The Morgan fingerprint density at radius 3 is 2.62 bits per heavy atom. The van der Waals surface area contributed by atoms with Crippen LogP contribution in [0.5, 0.6) is 0 Å². The number of urea groups is 1. The maximum atomic E-state index is 12.5. The number of nitrogens with one attached hydrogen (secondary N) is 1. The van der Waals surface area contributed by atoms with E-state index in [4.69, 9.17) is 16.3 Å². The molecule has 1 unspecified atom stereocenters. The van der Waals surface area contributed by atoms with Crippen molar-refractivity contribution < 1.29 is 19.1 Å². The average molecular weight is 317 g/mol. The number of ether oxygens (including phenoxy) is 1. The molecule has 0 bridgehead atoms. The van der Waals surface area contributed by atoms with Crippen LogP contribution in [0.4, 0.5) is 4.79 Å². The van der Waals surface area contributed by atoms with Gasteiger partial charge >= 0.3 is 12.0 Å². The van der Waals surface area contributed by atoms with Gasteiger partial charge in [-0.25, -0.2) is 4.79 Å². The highest BCUT2D eigenvalue weighted by Crippen LogP contribution is 2.30. The first kappa shape index (κ1) is 17.5. The quantitative estimate of drug-likeness (QED) is 0.550. The Labute approximate surface area is 129 Å². The second kappa shape index (κ2) is 7.45. The minimum absolute atomic E-state index is 0.0317. The fraction of sp³-hybridized carbons (Fsp3) is 0.643. The largest absolute Gasteiger partial charge is 0.466 e. The number of nitrogens with zero attached hydrogens (tertiary/aromatic N) is 1. The van der Waals surface area contributed by atoms with Gasteiger partial charge in [-0.1, -0.05) is 25.1 Å². The highest BCUT2D eigenvalue weighted by atomic mass is 35.5. The van der Waals surface area contributed by atoms with Gasteiger partial charge < -0.3 is 10.1 Å². The van der Waals surface area contributed by atoms with Crippen molar-refractivity contribution in [2.45, 2.75) is 45.1 Å². The van der Waals surface area contributed by atoms with Crippen LogP contribution in [0.2, 0.25) is 0 Å². The van der Waals surface area contributed by atoms with Crippen LogP contribution in [0.15, 0.2) is 11.6 Å². The van der Waals surface area contributed by atoms with Crippen LogP contribution in [-0.2, 0) is 14.3 Å². The summed E-state index contributed by atoms with van der Waals surface area (Å²) in [5.74, 6) is -0.770. The Hall–Kier alpha value is -1.56. The van der Waals surface area contributed by atoms with Crippen molar-refractivity contribution in [2.24, 2.45) is 0 Å². The highest BCUT2D eigenvalue weighted by Gasteiger charge is 2.50. The van der Waals surface area contributed by atoms with Crippen molar-refractivity contribution in [2.75, 3.05) is 13.2 Å². The summed E-state index contributed by atoms with van der Waals surface area (Å²) in [6.45, 7) is 7.78. The van der Waals surface area contributed by atoms with Gasteiger partial charge in [0, 0.05) is 24.4 Å². The summed E-state index contributed by atoms with van der Waals surface area (Å²) < 4.78 is 4.86. The zero-order chi connectivity index (χ0) is 16.0. The number of hydrogen-bond acceptors (Lipinski definition) is 4. The van der Waals surface area contributed by atoms with E-state index in [1.165, 1.54) is 0 Å². The first-order valence-corrected chi connectivity index (χ1v) is 7.37. The van der Waals surface area contributed by atoms with E-state index in [-0.39, 0.29) is 36.8 Å². The molecule has 0 saturated carbocycles. The lowest BCUT2D eigenvalue weighted by atomic mass is 9.89. The van der Waals surface area contributed by atoms with E-state index in [2.05, 4.69) is 11.9 Å². The number of imide groups is 1. The zero-order valence-electron chi connectivity index (χ0n) is 12.4. The number of esters is 1. The lowest BCUT2D eigenvalue weighted by molar-refractivity contribution is -0.143. The lowest BCUT2D eigenvalue weighted by Gasteiger charge is -2.26. The second-order valence-corrected chi connectivity index (χ2v) is 5.50. The lowest BCUT2D eigenvalue weighted by Crippen LogP contribution is -2.47. The van der Waals surface area contributed by atoms with Crippen molar-refractivity contribution >= 4 is 29.5 Å². The Balaban J connectivity index is 2.89. The van der Waals surface area contributed by atoms with Crippen LogP contribution >= 0.6 is 11.6 Å². The van der Waals surface area contributed by atoms with E-state index < -0.39 is 17.5 Å². The van der Waals surface area contributed by atoms with Gasteiger partial charge in [-0.2, -0.15) is 0 Å². The molecule has 1 fully saturated rings. The third kappa shape index (κ3) is 4.20. The van der Waals surface area contributed by atoms with Crippen LogP contribution in [0.3, 0.4) is 0 Å². The van der Waals surface area contributed by atoms with Crippen molar-refractivity contribution in [3.63, 3.8) is 0 Å². The van der Waals surface area contributed by atoms with Gasteiger partial charge in [-0.05, 0) is 19.8 Å². The molecular weight excluding hydrogens is 296 g/mol. The number of carbonyl (C=O) groups is 3. The van der Waals surface area contributed by atoms with E-state index in [0.29, 0.717) is 13.0 Å². The summed E-state index contributed by atoms with van der Waals surface area (Å²) in [6.07, 6.45) is 0.931. The van der Waals surface area contributed by atoms with Gasteiger partial charge in [0.05, 0.1) is 6.61 Å². The molecule has 118 valence electrons. The van der Waals surface area contributed by atoms with Crippen molar-refractivity contribution in [1.29, 1.82) is 0 Å². The number of carbonyl (C=O) groups excluding carboxylic acids is 3. The van der Waals surface area contributed by atoms with E-state index in [9.17, 15) is 14.4 Å². The third-order valence-electron chi connectivity index (χ3n) is 3.25. The summed E-state index contributed by atoms with van der Waals surface area (Å²) in [7, 11) is 0. The summed E-state index contributed by atoms with van der Waals surface area (Å²) in [5, 5.41) is 2.92. The molecule has 0 spiro atoms. The molecule has 6 nitrogen and oxygen atoms in total. The van der Waals surface area contributed by atoms with Crippen LogP contribution in [0.25, 0.3) is 0 Å². The van der Waals surface area contributed by atoms with E-state index in [0.717, 1.165) is 4.90 Å². The molecule has 1 atom stereocenters. The highest BCUT2D eigenvalue weighted by molar-refractivity contribution is 6.29. The molecule has 1 saturated heterocycles. The maximum absolute atomic E-state index is 12.5. The first-order chi connectivity index (χ1) is 9.86. The van der Waals surface area contributed by atoms with Crippen molar-refractivity contribution in [1.82, 2.24) is 10.2 Å². The predicted octanol–water partition coefficient (Wildman–Crippen LogP) is 2.17. The van der Waals surface area contributed by atoms with E-state index in [1.54, 1.807) is 6.92 Å². The summed E-state index contributed by atoms with van der Waals surface area (Å²) >= 11 is 5.83. The molecule has 1 aliphatic rings. The monoisotopic (exact) mass is 316 g/mol. The Kier molecular flexibility index (Phi) is 6.20. The molecule has 1 aliphatic heterocycles. The Bertz CT molecular complexity index is 452. The summed E-state index contributed by atoms with van der Waals surface area (Å²) in [5.41, 5.74) is -1.20. The van der Waals surface area contributed by atoms with Gasteiger partial charge in [0.1, 0.15) is 5.54 Å². The molecule has 3 amide bonds. The molecule has 1 N–H and O–H groups in total. The fourth-order valence-electron chi connectivity index (χ4n) is 2.36. The summed E-state index contributed by atoms with van der Waals surface area (Å²) in [6, 6.07) is -0.455. The molecule has 1 heterocycles. The van der Waals surface area contributed by atoms with E-state index >= 15 is 0 Å². The maximum Gasteiger partial charge on any atom is 0.325 e. The number of rotatable bonds is 8. The smallest absolute Gasteiger partial charge is 0.325 e. The number of amides is 3. The van der Waals surface area contributed by atoms with Gasteiger partial charge in [0.2, 0.25) is 0 Å². The SMILES string of the molecule is C=C(Cl)CC1(CCC(=O)OCC)NC(=O)N(CCC)C1=O. The Morgan fingerprint density at radius 1 is 1.43 bits per heavy atom. The molecule has 7 heteroatoms. The predicted molar refractivity (Wildman–Crippen MR) is 78.7 cm³/mol. The normalized spacial score (nSPS) is 21.4. The third-order valence-corrected chi connectivity index (χ3v) is 3.38. The van der Waals surface area contributed by atoms with Crippen molar-refractivity contribution in [3.05, 3.63) is 11.6 Å². The molecule has 0 aromatic carbocycles. The van der Waals surface area contributed by atoms with E-state index in [1.807, 2.05) is 6.92 Å². The molecule has 21 heavy (non-hydrogen) atoms. The Morgan fingerprint density at radius 2 is 2.10 bits per heavy atom. The average Bonchev–Trinajstić information content (AvgIpc) is 2.61. The van der Waals surface area contributed by atoms with Gasteiger partial charge in [-0.3, -0.25) is 14.5 Å².